The molecule has 0 spiro atoms. The van der Waals surface area contributed by atoms with Gasteiger partial charge in [0.15, 0.2) is 5.69 Å². The van der Waals surface area contributed by atoms with Crippen LogP contribution in [-0.2, 0) is 13.6 Å². The summed E-state index contributed by atoms with van der Waals surface area (Å²) in [6.45, 7) is 0.152. The van der Waals surface area contributed by atoms with Crippen molar-refractivity contribution >= 4 is 34.8 Å². The number of hydrogen-bond acceptors (Lipinski definition) is 6. The van der Waals surface area contributed by atoms with Crippen LogP contribution in [0.1, 0.15) is 26.6 Å². The number of halogens is 1. The van der Waals surface area contributed by atoms with Crippen molar-refractivity contribution in [3.63, 3.8) is 0 Å². The Morgan fingerprint density at radius 1 is 1.32 bits per heavy atom. The fraction of sp³-hybridized carbons (Fsp3) is 0.118. The predicted octanol–water partition coefficient (Wildman–Crippen LogP) is 2.76. The van der Waals surface area contributed by atoms with Gasteiger partial charge in [-0.05, 0) is 24.3 Å². The Morgan fingerprint density at radius 3 is 2.79 bits per heavy atom. The third-order valence-electron chi connectivity index (χ3n) is 3.70. The number of nitrogens with one attached hydrogen (secondary N) is 2. The first-order valence-corrected chi connectivity index (χ1v) is 8.32. The van der Waals surface area contributed by atoms with E-state index in [1.54, 1.807) is 19.2 Å². The minimum atomic E-state index is -0.684. The summed E-state index contributed by atoms with van der Waals surface area (Å²) in [5, 5.41) is 20.1. The van der Waals surface area contributed by atoms with Gasteiger partial charge in [0.05, 0.1) is 23.4 Å². The first-order chi connectivity index (χ1) is 13.3. The highest BCUT2D eigenvalue weighted by Gasteiger charge is 2.21. The molecule has 0 aliphatic carbocycles. The lowest BCUT2D eigenvalue weighted by atomic mass is 10.2. The van der Waals surface area contributed by atoms with Crippen LogP contribution >= 0.6 is 11.6 Å². The maximum absolute atomic E-state index is 12.5. The summed E-state index contributed by atoms with van der Waals surface area (Å²) in [5.41, 5.74) is -0.230. The second-order valence-electron chi connectivity index (χ2n) is 5.70. The number of nitro groups is 1. The van der Waals surface area contributed by atoms with Crippen molar-refractivity contribution in [2.45, 2.75) is 6.54 Å². The zero-order valence-electron chi connectivity index (χ0n) is 14.5. The molecule has 2 aromatic heterocycles. The molecule has 0 atom stereocenters. The lowest BCUT2D eigenvalue weighted by Gasteiger charge is -2.06. The van der Waals surface area contributed by atoms with Crippen molar-refractivity contribution in [3.8, 4) is 0 Å². The van der Waals surface area contributed by atoms with Gasteiger partial charge in [0.1, 0.15) is 10.8 Å². The van der Waals surface area contributed by atoms with Crippen LogP contribution in [0.4, 0.5) is 11.4 Å². The number of rotatable bonds is 6. The Hall–Kier alpha value is -3.66. The van der Waals surface area contributed by atoms with E-state index in [9.17, 15) is 19.7 Å². The SMILES string of the molecule is Cn1cc(NC(=O)c2ccc(Cl)c([N+](=O)[O-])c2)c(C(=O)NCc2ccco2)n1. The molecule has 0 radical (unpaired) electrons. The Bertz CT molecular complexity index is 1040. The van der Waals surface area contributed by atoms with Gasteiger partial charge in [0.25, 0.3) is 17.5 Å². The van der Waals surface area contributed by atoms with E-state index in [-0.39, 0.29) is 28.5 Å². The number of nitrogens with zero attached hydrogens (tertiary/aromatic N) is 3. The van der Waals surface area contributed by atoms with E-state index in [0.29, 0.717) is 5.76 Å². The average Bonchev–Trinajstić information content (AvgIpc) is 3.29. The van der Waals surface area contributed by atoms with E-state index in [1.807, 2.05) is 0 Å². The number of anilines is 1. The molecule has 0 bridgehead atoms. The minimum absolute atomic E-state index is 0.00845. The summed E-state index contributed by atoms with van der Waals surface area (Å²) in [6, 6.07) is 7.06. The van der Waals surface area contributed by atoms with E-state index < -0.39 is 22.4 Å². The summed E-state index contributed by atoms with van der Waals surface area (Å²) in [5.74, 6) is -0.606. The minimum Gasteiger partial charge on any atom is -0.467 e. The molecule has 0 fully saturated rings. The monoisotopic (exact) mass is 403 g/mol. The molecule has 144 valence electrons. The maximum atomic E-state index is 12.5. The maximum Gasteiger partial charge on any atom is 0.288 e. The zero-order valence-corrected chi connectivity index (χ0v) is 15.3. The number of benzene rings is 1. The molecule has 3 aromatic rings. The van der Waals surface area contributed by atoms with Crippen molar-refractivity contribution in [1.82, 2.24) is 15.1 Å². The Labute approximate surface area is 163 Å². The number of nitro benzene ring substituents is 1. The van der Waals surface area contributed by atoms with Crippen LogP contribution in [0.15, 0.2) is 47.2 Å². The number of furan rings is 1. The normalized spacial score (nSPS) is 10.5. The van der Waals surface area contributed by atoms with Crippen LogP contribution < -0.4 is 10.6 Å². The first kappa shape index (κ1) is 19.1. The summed E-state index contributed by atoms with van der Waals surface area (Å²) < 4.78 is 6.50. The number of aryl methyl sites for hydroxylation is 1. The number of carbonyl (C=O) groups excluding carboxylic acids is 2. The van der Waals surface area contributed by atoms with Crippen molar-refractivity contribution in [1.29, 1.82) is 0 Å². The van der Waals surface area contributed by atoms with E-state index in [4.69, 9.17) is 16.0 Å². The highest BCUT2D eigenvalue weighted by atomic mass is 35.5. The van der Waals surface area contributed by atoms with Crippen LogP contribution in [0.2, 0.25) is 5.02 Å². The molecule has 0 saturated carbocycles. The zero-order chi connectivity index (χ0) is 20.3. The highest BCUT2D eigenvalue weighted by molar-refractivity contribution is 6.32. The second-order valence-corrected chi connectivity index (χ2v) is 6.11. The summed E-state index contributed by atoms with van der Waals surface area (Å²) in [4.78, 5) is 35.2. The molecule has 0 unspecified atom stereocenters. The second kappa shape index (κ2) is 7.92. The van der Waals surface area contributed by atoms with E-state index in [0.717, 1.165) is 6.07 Å². The van der Waals surface area contributed by atoms with Crippen LogP contribution in [-0.4, -0.2) is 26.5 Å². The summed E-state index contributed by atoms with van der Waals surface area (Å²) in [6.07, 6.45) is 2.93. The lowest BCUT2D eigenvalue weighted by molar-refractivity contribution is -0.384. The number of carbonyl (C=O) groups is 2. The highest BCUT2D eigenvalue weighted by Crippen LogP contribution is 2.25. The van der Waals surface area contributed by atoms with E-state index >= 15 is 0 Å². The number of aromatic nitrogens is 2. The quantitative estimate of drug-likeness (QED) is 0.480. The fourth-order valence-corrected chi connectivity index (χ4v) is 2.59. The van der Waals surface area contributed by atoms with Crippen LogP contribution in [0.3, 0.4) is 0 Å². The van der Waals surface area contributed by atoms with Gasteiger partial charge in [-0.25, -0.2) is 0 Å². The van der Waals surface area contributed by atoms with E-state index in [2.05, 4.69) is 15.7 Å². The van der Waals surface area contributed by atoms with Crippen LogP contribution in [0.5, 0.6) is 0 Å². The molecule has 2 N–H and O–H groups in total. The molecule has 2 amide bonds. The standard InChI is InChI=1S/C17H14ClN5O5/c1-22-9-13(15(21-22)17(25)19-8-11-3-2-6-28-11)20-16(24)10-4-5-12(18)14(7-10)23(26)27/h2-7,9H,8H2,1H3,(H,19,25)(H,20,24). The van der Waals surface area contributed by atoms with Crippen LogP contribution in [0, 0.1) is 10.1 Å². The van der Waals surface area contributed by atoms with Gasteiger partial charge in [0, 0.05) is 24.9 Å². The summed E-state index contributed by atoms with van der Waals surface area (Å²) >= 11 is 5.76. The molecule has 0 aliphatic rings. The number of hydrogen-bond donors (Lipinski definition) is 2. The Balaban J connectivity index is 1.77. The summed E-state index contributed by atoms with van der Waals surface area (Å²) in [7, 11) is 1.59. The van der Waals surface area contributed by atoms with Gasteiger partial charge >= 0.3 is 0 Å². The smallest absolute Gasteiger partial charge is 0.288 e. The largest absolute Gasteiger partial charge is 0.467 e. The molecule has 10 nitrogen and oxygen atoms in total. The molecule has 3 rings (SSSR count). The van der Waals surface area contributed by atoms with Gasteiger partial charge in [-0.3, -0.25) is 24.4 Å². The van der Waals surface area contributed by atoms with Gasteiger partial charge in [0.2, 0.25) is 0 Å². The molecule has 11 heteroatoms. The molecule has 1 aromatic carbocycles. The van der Waals surface area contributed by atoms with Crippen molar-refractivity contribution in [2.75, 3.05) is 5.32 Å². The molecular weight excluding hydrogens is 390 g/mol. The topological polar surface area (TPSA) is 132 Å². The van der Waals surface area contributed by atoms with Gasteiger partial charge in [-0.1, -0.05) is 11.6 Å². The first-order valence-electron chi connectivity index (χ1n) is 7.94. The third-order valence-corrected chi connectivity index (χ3v) is 4.02. The molecule has 0 aliphatic heterocycles. The predicted molar refractivity (Wildman–Crippen MR) is 99.1 cm³/mol. The van der Waals surface area contributed by atoms with Crippen molar-refractivity contribution < 1.29 is 18.9 Å². The van der Waals surface area contributed by atoms with Crippen molar-refractivity contribution in [2.24, 2.45) is 7.05 Å². The van der Waals surface area contributed by atoms with Gasteiger partial charge < -0.3 is 15.1 Å². The average molecular weight is 404 g/mol. The van der Waals surface area contributed by atoms with E-state index in [1.165, 1.54) is 29.3 Å². The van der Waals surface area contributed by atoms with Gasteiger partial charge in [-0.2, -0.15) is 5.10 Å². The molecular formula is C17H14ClN5O5. The fourth-order valence-electron chi connectivity index (χ4n) is 2.40. The van der Waals surface area contributed by atoms with Crippen LogP contribution in [0.25, 0.3) is 0 Å². The molecule has 0 saturated heterocycles. The molecule has 28 heavy (non-hydrogen) atoms. The Morgan fingerprint density at radius 2 is 2.11 bits per heavy atom. The third kappa shape index (κ3) is 4.18. The van der Waals surface area contributed by atoms with Crippen molar-refractivity contribution in [3.05, 3.63) is 74.9 Å². The Kier molecular flexibility index (Phi) is 5.41. The lowest BCUT2D eigenvalue weighted by Crippen LogP contribution is -2.25. The number of amides is 2. The molecule has 2 heterocycles. The van der Waals surface area contributed by atoms with Gasteiger partial charge in [-0.15, -0.1) is 0 Å².